The summed E-state index contributed by atoms with van der Waals surface area (Å²) in [6.45, 7) is 1.95. The molecule has 1 aromatic rings. The van der Waals surface area contributed by atoms with Gasteiger partial charge in [-0.25, -0.2) is 4.98 Å². The summed E-state index contributed by atoms with van der Waals surface area (Å²) in [6.07, 6.45) is -0.636. The van der Waals surface area contributed by atoms with Crippen molar-refractivity contribution in [3.05, 3.63) is 22.4 Å². The number of nitrogens with one attached hydrogen (secondary N) is 1. The fourth-order valence-electron chi connectivity index (χ4n) is 1.19. The van der Waals surface area contributed by atoms with Crippen molar-refractivity contribution in [3.8, 4) is 0 Å². The lowest BCUT2D eigenvalue weighted by molar-refractivity contribution is -0.125. The summed E-state index contributed by atoms with van der Waals surface area (Å²) in [6, 6.07) is 3.53. The minimum atomic E-state index is -0.636. The maximum atomic E-state index is 11.7. The number of aryl methyl sites for hydroxylation is 1. The predicted octanol–water partition coefficient (Wildman–Crippen LogP) is 1.06. The van der Waals surface area contributed by atoms with Crippen molar-refractivity contribution < 1.29 is 9.53 Å². The van der Waals surface area contributed by atoms with Crippen molar-refractivity contribution in [1.29, 1.82) is 0 Å². The SMILES string of the molecule is COC(CN)C(=O)Nc1ccc(Br)nc1C. The maximum absolute atomic E-state index is 11.7. The highest BCUT2D eigenvalue weighted by molar-refractivity contribution is 9.10. The molecule has 1 atom stereocenters. The molecule has 1 unspecified atom stereocenters. The first-order valence-electron chi connectivity index (χ1n) is 4.75. The molecule has 1 aromatic heterocycles. The number of hydrogen-bond donors (Lipinski definition) is 2. The summed E-state index contributed by atoms with van der Waals surface area (Å²) < 4.78 is 5.66. The molecule has 3 N–H and O–H groups in total. The number of methoxy groups -OCH3 is 1. The largest absolute Gasteiger partial charge is 0.370 e. The van der Waals surface area contributed by atoms with Gasteiger partial charge >= 0.3 is 0 Å². The van der Waals surface area contributed by atoms with Crippen molar-refractivity contribution >= 4 is 27.5 Å². The molecule has 1 heterocycles. The Morgan fingerprint density at radius 3 is 2.88 bits per heavy atom. The van der Waals surface area contributed by atoms with Crippen LogP contribution in [0.25, 0.3) is 0 Å². The molecule has 0 aliphatic rings. The minimum Gasteiger partial charge on any atom is -0.370 e. The Balaban J connectivity index is 2.76. The van der Waals surface area contributed by atoms with Crippen molar-refractivity contribution in [3.63, 3.8) is 0 Å². The zero-order chi connectivity index (χ0) is 12.1. The first-order chi connectivity index (χ1) is 7.58. The lowest BCUT2D eigenvalue weighted by Crippen LogP contribution is -2.36. The third kappa shape index (κ3) is 3.26. The van der Waals surface area contributed by atoms with E-state index in [2.05, 4.69) is 26.2 Å². The van der Waals surface area contributed by atoms with E-state index in [0.29, 0.717) is 5.69 Å². The molecule has 0 radical (unpaired) electrons. The molecule has 1 rings (SSSR count). The van der Waals surface area contributed by atoms with Crippen LogP contribution in [0.5, 0.6) is 0 Å². The number of ether oxygens (including phenoxy) is 1. The highest BCUT2D eigenvalue weighted by atomic mass is 79.9. The van der Waals surface area contributed by atoms with Crippen molar-refractivity contribution in [2.75, 3.05) is 19.0 Å². The summed E-state index contributed by atoms with van der Waals surface area (Å²) in [5.74, 6) is -0.266. The second kappa shape index (κ2) is 5.93. The van der Waals surface area contributed by atoms with E-state index in [0.717, 1.165) is 10.3 Å². The highest BCUT2D eigenvalue weighted by Gasteiger charge is 2.16. The smallest absolute Gasteiger partial charge is 0.254 e. The van der Waals surface area contributed by atoms with Gasteiger partial charge in [-0.05, 0) is 35.0 Å². The zero-order valence-corrected chi connectivity index (χ0v) is 10.7. The molecule has 88 valence electrons. The number of nitrogens with two attached hydrogens (primary N) is 1. The Kier molecular flexibility index (Phi) is 4.85. The second-order valence-corrected chi connectivity index (χ2v) is 4.03. The van der Waals surface area contributed by atoms with Crippen LogP contribution in [0.3, 0.4) is 0 Å². The van der Waals surface area contributed by atoms with Gasteiger partial charge in [0.15, 0.2) is 0 Å². The third-order valence-corrected chi connectivity index (χ3v) is 2.54. The van der Waals surface area contributed by atoms with Gasteiger partial charge in [-0.3, -0.25) is 4.79 Å². The van der Waals surface area contributed by atoms with Crippen LogP contribution in [0.4, 0.5) is 5.69 Å². The normalized spacial score (nSPS) is 12.2. The molecular weight excluding hydrogens is 274 g/mol. The van der Waals surface area contributed by atoms with Crippen molar-refractivity contribution in [2.45, 2.75) is 13.0 Å². The van der Waals surface area contributed by atoms with Gasteiger partial charge in [0.1, 0.15) is 10.7 Å². The number of aromatic nitrogens is 1. The van der Waals surface area contributed by atoms with Gasteiger partial charge in [0.25, 0.3) is 5.91 Å². The van der Waals surface area contributed by atoms with Crippen LogP contribution in [-0.2, 0) is 9.53 Å². The number of amides is 1. The van der Waals surface area contributed by atoms with Gasteiger partial charge in [-0.15, -0.1) is 0 Å². The van der Waals surface area contributed by atoms with Crippen LogP contribution < -0.4 is 11.1 Å². The third-order valence-electron chi connectivity index (χ3n) is 2.10. The molecule has 0 bridgehead atoms. The Bertz CT molecular complexity index is 380. The van der Waals surface area contributed by atoms with Crippen LogP contribution in [0.2, 0.25) is 0 Å². The summed E-state index contributed by atoms with van der Waals surface area (Å²) in [5.41, 5.74) is 6.78. The number of anilines is 1. The number of halogens is 1. The predicted molar refractivity (Wildman–Crippen MR) is 65.2 cm³/mol. The van der Waals surface area contributed by atoms with E-state index in [1.54, 1.807) is 12.1 Å². The van der Waals surface area contributed by atoms with E-state index in [4.69, 9.17) is 10.5 Å². The van der Waals surface area contributed by atoms with Crippen LogP contribution in [-0.4, -0.2) is 30.6 Å². The number of carbonyl (C=O) groups is 1. The standard InChI is InChI=1S/C10H14BrN3O2/c1-6-7(3-4-9(11)13-6)14-10(15)8(5-12)16-2/h3-4,8H,5,12H2,1-2H3,(H,14,15). The minimum absolute atomic E-state index is 0.144. The molecule has 16 heavy (non-hydrogen) atoms. The van der Waals surface area contributed by atoms with Gasteiger partial charge in [-0.2, -0.15) is 0 Å². The van der Waals surface area contributed by atoms with Crippen molar-refractivity contribution in [2.24, 2.45) is 5.73 Å². The van der Waals surface area contributed by atoms with Gasteiger partial charge in [0, 0.05) is 13.7 Å². The molecule has 0 aliphatic heterocycles. The van der Waals surface area contributed by atoms with Crippen LogP contribution in [0.15, 0.2) is 16.7 Å². The van der Waals surface area contributed by atoms with Gasteiger partial charge < -0.3 is 15.8 Å². The average molecular weight is 288 g/mol. The Morgan fingerprint density at radius 2 is 2.38 bits per heavy atom. The first kappa shape index (κ1) is 13.1. The average Bonchev–Trinajstić information content (AvgIpc) is 2.24. The van der Waals surface area contributed by atoms with Crippen LogP contribution >= 0.6 is 15.9 Å². The molecule has 0 fully saturated rings. The Hall–Kier alpha value is -0.980. The van der Waals surface area contributed by atoms with Crippen molar-refractivity contribution in [1.82, 2.24) is 4.98 Å². The molecule has 0 saturated heterocycles. The fourth-order valence-corrected chi connectivity index (χ4v) is 1.58. The second-order valence-electron chi connectivity index (χ2n) is 3.22. The lowest BCUT2D eigenvalue weighted by atomic mass is 10.2. The van der Waals surface area contributed by atoms with E-state index in [1.165, 1.54) is 7.11 Å². The summed E-state index contributed by atoms with van der Waals surface area (Å²) >= 11 is 3.25. The Labute approximate surface area is 103 Å². The van der Waals surface area contributed by atoms with Crippen LogP contribution in [0.1, 0.15) is 5.69 Å². The lowest BCUT2D eigenvalue weighted by Gasteiger charge is -2.14. The number of hydrogen-bond acceptors (Lipinski definition) is 4. The fraction of sp³-hybridized carbons (Fsp3) is 0.400. The van der Waals surface area contributed by atoms with Gasteiger partial charge in [0.05, 0.1) is 11.4 Å². The number of rotatable bonds is 4. The summed E-state index contributed by atoms with van der Waals surface area (Å²) in [4.78, 5) is 15.8. The number of nitrogens with zero attached hydrogens (tertiary/aromatic N) is 1. The molecule has 1 amide bonds. The Morgan fingerprint density at radius 1 is 1.69 bits per heavy atom. The van der Waals surface area contributed by atoms with Crippen LogP contribution in [0, 0.1) is 6.92 Å². The van der Waals surface area contributed by atoms with E-state index in [9.17, 15) is 4.79 Å². The van der Waals surface area contributed by atoms with Gasteiger partial charge in [0.2, 0.25) is 0 Å². The molecule has 5 nitrogen and oxygen atoms in total. The summed E-state index contributed by atoms with van der Waals surface area (Å²) in [5, 5.41) is 2.71. The van der Waals surface area contributed by atoms with E-state index in [1.807, 2.05) is 6.92 Å². The summed E-state index contributed by atoms with van der Waals surface area (Å²) in [7, 11) is 1.45. The zero-order valence-electron chi connectivity index (χ0n) is 9.16. The highest BCUT2D eigenvalue weighted by Crippen LogP contribution is 2.16. The monoisotopic (exact) mass is 287 g/mol. The van der Waals surface area contributed by atoms with E-state index >= 15 is 0 Å². The molecular formula is C10H14BrN3O2. The quantitative estimate of drug-likeness (QED) is 0.812. The maximum Gasteiger partial charge on any atom is 0.254 e. The molecule has 0 aliphatic carbocycles. The number of carbonyl (C=O) groups excluding carboxylic acids is 1. The molecule has 0 spiro atoms. The molecule has 0 saturated carbocycles. The molecule has 6 heteroatoms. The topological polar surface area (TPSA) is 77.2 Å². The van der Waals surface area contributed by atoms with Gasteiger partial charge in [-0.1, -0.05) is 0 Å². The molecule has 0 aromatic carbocycles. The first-order valence-corrected chi connectivity index (χ1v) is 5.54. The number of pyridine rings is 1. The van der Waals surface area contributed by atoms with E-state index < -0.39 is 6.10 Å². The van der Waals surface area contributed by atoms with E-state index in [-0.39, 0.29) is 12.5 Å².